The van der Waals surface area contributed by atoms with Gasteiger partial charge in [0.15, 0.2) is 0 Å². The van der Waals surface area contributed by atoms with Crippen LogP contribution >= 0.6 is 0 Å². The van der Waals surface area contributed by atoms with Crippen LogP contribution in [0.4, 0.5) is 0 Å². The zero-order valence-corrected chi connectivity index (χ0v) is 7.58. The van der Waals surface area contributed by atoms with Crippen LogP contribution in [0.3, 0.4) is 0 Å². The van der Waals surface area contributed by atoms with E-state index in [-0.39, 0.29) is 0 Å². The van der Waals surface area contributed by atoms with Crippen LogP contribution in [0.5, 0.6) is 0 Å². The largest absolute Gasteiger partial charge is 0.395 e. The van der Waals surface area contributed by atoms with Gasteiger partial charge in [-0.2, -0.15) is 0 Å². The van der Waals surface area contributed by atoms with Crippen LogP contribution in [0.25, 0.3) is 0 Å². The van der Waals surface area contributed by atoms with Crippen LogP contribution in [-0.4, -0.2) is 35.7 Å². The Morgan fingerprint density at radius 3 is 2.45 bits per heavy atom. The summed E-state index contributed by atoms with van der Waals surface area (Å²) in [4.78, 5) is 2.41. The van der Waals surface area contributed by atoms with Crippen LogP contribution in [0.15, 0.2) is 0 Å². The number of nitrogens with zero attached hydrogens (tertiary/aromatic N) is 1. The number of hydrogen-bond donors (Lipinski definition) is 1. The Balaban J connectivity index is 2.22. The SMILES string of the molecule is CCCN(CCO)C1CC1C. The summed E-state index contributed by atoms with van der Waals surface area (Å²) in [6.07, 6.45) is 2.53. The predicted octanol–water partition coefficient (Wildman–Crippen LogP) is 1.10. The molecule has 0 amide bonds. The average Bonchev–Trinajstić information content (AvgIpc) is 2.67. The van der Waals surface area contributed by atoms with Crippen molar-refractivity contribution in [3.63, 3.8) is 0 Å². The van der Waals surface area contributed by atoms with E-state index in [4.69, 9.17) is 5.11 Å². The summed E-state index contributed by atoms with van der Waals surface area (Å²) >= 11 is 0. The third-order valence-corrected chi connectivity index (χ3v) is 2.43. The van der Waals surface area contributed by atoms with Crippen molar-refractivity contribution in [1.29, 1.82) is 0 Å². The van der Waals surface area contributed by atoms with Gasteiger partial charge >= 0.3 is 0 Å². The first-order valence-corrected chi connectivity index (χ1v) is 4.64. The molecule has 0 spiro atoms. The number of aliphatic hydroxyl groups is 1. The molecule has 1 saturated carbocycles. The summed E-state index contributed by atoms with van der Waals surface area (Å²) in [5.74, 6) is 0.869. The molecule has 2 nitrogen and oxygen atoms in total. The van der Waals surface area contributed by atoms with Crippen molar-refractivity contribution in [2.75, 3.05) is 19.7 Å². The lowest BCUT2D eigenvalue weighted by Crippen LogP contribution is -2.30. The van der Waals surface area contributed by atoms with Gasteiger partial charge in [0.05, 0.1) is 6.61 Å². The molecule has 2 unspecified atom stereocenters. The predicted molar refractivity (Wildman–Crippen MR) is 46.5 cm³/mol. The van der Waals surface area contributed by atoms with E-state index in [0.29, 0.717) is 6.61 Å². The fourth-order valence-corrected chi connectivity index (χ4v) is 1.67. The molecule has 66 valence electrons. The van der Waals surface area contributed by atoms with Gasteiger partial charge in [0.25, 0.3) is 0 Å². The Bertz CT molecular complexity index is 110. The van der Waals surface area contributed by atoms with Crippen LogP contribution in [0.1, 0.15) is 26.7 Å². The number of aliphatic hydroxyl groups excluding tert-OH is 1. The highest BCUT2D eigenvalue weighted by Gasteiger charge is 2.36. The van der Waals surface area contributed by atoms with E-state index in [2.05, 4.69) is 18.7 Å². The molecule has 0 saturated heterocycles. The molecule has 0 bridgehead atoms. The molecule has 0 radical (unpaired) electrons. The maximum Gasteiger partial charge on any atom is 0.0558 e. The number of rotatable bonds is 5. The highest BCUT2D eigenvalue weighted by atomic mass is 16.3. The van der Waals surface area contributed by atoms with Crippen molar-refractivity contribution in [1.82, 2.24) is 4.90 Å². The van der Waals surface area contributed by atoms with E-state index in [1.54, 1.807) is 0 Å². The van der Waals surface area contributed by atoms with E-state index in [1.165, 1.54) is 12.8 Å². The molecule has 1 N–H and O–H groups in total. The summed E-state index contributed by atoms with van der Waals surface area (Å²) in [6, 6.07) is 0.780. The van der Waals surface area contributed by atoms with Crippen molar-refractivity contribution in [3.05, 3.63) is 0 Å². The first-order chi connectivity index (χ1) is 5.29. The summed E-state index contributed by atoms with van der Waals surface area (Å²) in [6.45, 7) is 6.80. The molecular weight excluding hydrogens is 138 g/mol. The molecule has 0 heterocycles. The second-order valence-electron chi connectivity index (χ2n) is 3.54. The fraction of sp³-hybridized carbons (Fsp3) is 1.00. The van der Waals surface area contributed by atoms with Gasteiger partial charge in [-0.3, -0.25) is 4.90 Å². The van der Waals surface area contributed by atoms with Gasteiger partial charge in [-0.1, -0.05) is 13.8 Å². The lowest BCUT2D eigenvalue weighted by atomic mass is 10.3. The molecule has 0 aromatic heterocycles. The van der Waals surface area contributed by atoms with Crippen molar-refractivity contribution >= 4 is 0 Å². The van der Waals surface area contributed by atoms with Crippen molar-refractivity contribution in [2.45, 2.75) is 32.7 Å². The van der Waals surface area contributed by atoms with Gasteiger partial charge in [0.2, 0.25) is 0 Å². The van der Waals surface area contributed by atoms with Gasteiger partial charge in [0, 0.05) is 12.6 Å². The first-order valence-electron chi connectivity index (χ1n) is 4.64. The van der Waals surface area contributed by atoms with Crippen molar-refractivity contribution in [2.24, 2.45) is 5.92 Å². The molecule has 1 rings (SSSR count). The van der Waals surface area contributed by atoms with Gasteiger partial charge < -0.3 is 5.11 Å². The van der Waals surface area contributed by atoms with Crippen LogP contribution in [-0.2, 0) is 0 Å². The van der Waals surface area contributed by atoms with Crippen LogP contribution in [0.2, 0.25) is 0 Å². The normalized spacial score (nSPS) is 29.5. The third-order valence-electron chi connectivity index (χ3n) is 2.43. The van der Waals surface area contributed by atoms with Gasteiger partial charge in [-0.25, -0.2) is 0 Å². The fourth-order valence-electron chi connectivity index (χ4n) is 1.67. The highest BCUT2D eigenvalue weighted by Crippen LogP contribution is 2.34. The standard InChI is InChI=1S/C9H19NO/c1-3-4-10(5-6-11)9-7-8(9)2/h8-9,11H,3-7H2,1-2H3. The van der Waals surface area contributed by atoms with E-state index in [1.807, 2.05) is 0 Å². The summed E-state index contributed by atoms with van der Waals surface area (Å²) in [5, 5.41) is 8.78. The lowest BCUT2D eigenvalue weighted by molar-refractivity contribution is 0.184. The Morgan fingerprint density at radius 2 is 2.09 bits per heavy atom. The zero-order valence-electron chi connectivity index (χ0n) is 7.58. The average molecular weight is 157 g/mol. The molecular formula is C9H19NO. The minimum atomic E-state index is 0.309. The summed E-state index contributed by atoms with van der Waals surface area (Å²) in [7, 11) is 0. The Kier molecular flexibility index (Phi) is 3.34. The van der Waals surface area contributed by atoms with E-state index in [0.717, 1.165) is 25.0 Å². The minimum absolute atomic E-state index is 0.309. The second kappa shape index (κ2) is 4.07. The topological polar surface area (TPSA) is 23.5 Å². The second-order valence-corrected chi connectivity index (χ2v) is 3.54. The molecule has 1 fully saturated rings. The molecule has 0 aromatic rings. The minimum Gasteiger partial charge on any atom is -0.395 e. The Labute approximate surface area is 69.2 Å². The molecule has 11 heavy (non-hydrogen) atoms. The zero-order chi connectivity index (χ0) is 8.27. The molecule has 2 heteroatoms. The lowest BCUT2D eigenvalue weighted by Gasteiger charge is -2.20. The van der Waals surface area contributed by atoms with Crippen LogP contribution in [0, 0.1) is 5.92 Å². The van der Waals surface area contributed by atoms with Crippen molar-refractivity contribution in [3.8, 4) is 0 Å². The van der Waals surface area contributed by atoms with Gasteiger partial charge in [0.1, 0.15) is 0 Å². The Hall–Kier alpha value is -0.0800. The first kappa shape index (κ1) is 9.01. The van der Waals surface area contributed by atoms with E-state index in [9.17, 15) is 0 Å². The maximum atomic E-state index is 8.78. The summed E-state index contributed by atoms with van der Waals surface area (Å²) < 4.78 is 0. The molecule has 1 aliphatic carbocycles. The quantitative estimate of drug-likeness (QED) is 0.646. The highest BCUT2D eigenvalue weighted by molar-refractivity contribution is 4.91. The molecule has 0 aromatic carbocycles. The van der Waals surface area contributed by atoms with E-state index < -0.39 is 0 Å². The van der Waals surface area contributed by atoms with Gasteiger partial charge in [-0.15, -0.1) is 0 Å². The van der Waals surface area contributed by atoms with Crippen LogP contribution < -0.4 is 0 Å². The molecule has 2 atom stereocenters. The van der Waals surface area contributed by atoms with Crippen molar-refractivity contribution < 1.29 is 5.11 Å². The molecule has 0 aliphatic heterocycles. The van der Waals surface area contributed by atoms with Gasteiger partial charge in [-0.05, 0) is 25.3 Å². The monoisotopic (exact) mass is 157 g/mol. The maximum absolute atomic E-state index is 8.78. The van der Waals surface area contributed by atoms with E-state index >= 15 is 0 Å². The molecule has 1 aliphatic rings. The number of hydrogen-bond acceptors (Lipinski definition) is 2. The summed E-state index contributed by atoms with van der Waals surface area (Å²) in [5.41, 5.74) is 0. The smallest absolute Gasteiger partial charge is 0.0558 e. The Morgan fingerprint density at radius 1 is 1.45 bits per heavy atom. The third kappa shape index (κ3) is 2.46.